The first-order valence-electron chi connectivity index (χ1n) is 5.18. The molecule has 2 rings (SSSR count). The molecule has 0 radical (unpaired) electrons. The minimum absolute atomic E-state index is 0.141. The third-order valence-electron chi connectivity index (χ3n) is 2.42. The van der Waals surface area contributed by atoms with Crippen LogP contribution in [0.5, 0.6) is 5.88 Å². The van der Waals surface area contributed by atoms with Gasteiger partial charge in [0, 0.05) is 12.5 Å². The monoisotopic (exact) mass is 234 g/mol. The summed E-state index contributed by atoms with van der Waals surface area (Å²) in [5.41, 5.74) is 3.46. The molecule has 0 aliphatic heterocycles. The van der Waals surface area contributed by atoms with Gasteiger partial charge in [0.15, 0.2) is 0 Å². The highest BCUT2D eigenvalue weighted by atomic mass is 16.5. The maximum Gasteiger partial charge on any atom is 0.216 e. The quantitative estimate of drug-likeness (QED) is 0.588. The highest BCUT2D eigenvalue weighted by Gasteiger charge is 2.14. The Balaban J connectivity index is 2.16. The molecule has 0 saturated heterocycles. The van der Waals surface area contributed by atoms with Crippen molar-refractivity contribution in [2.24, 2.45) is 5.84 Å². The van der Waals surface area contributed by atoms with E-state index in [1.54, 1.807) is 19.4 Å². The molecule has 1 unspecified atom stereocenters. The van der Waals surface area contributed by atoms with Gasteiger partial charge in [0.2, 0.25) is 5.88 Å². The van der Waals surface area contributed by atoms with Crippen molar-refractivity contribution < 1.29 is 9.15 Å². The van der Waals surface area contributed by atoms with Gasteiger partial charge in [-0.1, -0.05) is 0 Å². The Morgan fingerprint density at radius 3 is 3.06 bits per heavy atom. The molecule has 2 aromatic heterocycles. The first-order valence-corrected chi connectivity index (χ1v) is 5.18. The van der Waals surface area contributed by atoms with Gasteiger partial charge in [-0.3, -0.25) is 11.3 Å². The molecule has 0 saturated carbocycles. The van der Waals surface area contributed by atoms with E-state index in [0.717, 1.165) is 11.5 Å². The number of nitrogens with two attached hydrogens (primary N) is 1. The lowest BCUT2D eigenvalue weighted by Gasteiger charge is -2.14. The van der Waals surface area contributed by atoms with Gasteiger partial charge in [-0.15, -0.1) is 0 Å². The number of nitrogens with zero attached hydrogens (tertiary/aromatic N) is 2. The number of ether oxygens (including phenoxy) is 1. The highest BCUT2D eigenvalue weighted by Crippen LogP contribution is 2.18. The number of aromatic nitrogens is 2. The molecule has 0 aliphatic carbocycles. The number of hydrogen-bond donors (Lipinski definition) is 2. The third-order valence-corrected chi connectivity index (χ3v) is 2.42. The highest BCUT2D eigenvalue weighted by molar-refractivity contribution is 5.18. The zero-order valence-corrected chi connectivity index (χ0v) is 9.46. The summed E-state index contributed by atoms with van der Waals surface area (Å²) < 4.78 is 10.3. The molecule has 17 heavy (non-hydrogen) atoms. The Morgan fingerprint density at radius 2 is 2.41 bits per heavy atom. The largest absolute Gasteiger partial charge is 0.481 e. The number of furan rings is 1. The summed E-state index contributed by atoms with van der Waals surface area (Å²) in [6, 6.07) is 5.33. The summed E-state index contributed by atoms with van der Waals surface area (Å²) in [7, 11) is 1.56. The van der Waals surface area contributed by atoms with Crippen LogP contribution in [0, 0.1) is 0 Å². The van der Waals surface area contributed by atoms with E-state index < -0.39 is 0 Å². The average molecular weight is 234 g/mol. The molecule has 1 atom stereocenters. The van der Waals surface area contributed by atoms with E-state index in [9.17, 15) is 0 Å². The van der Waals surface area contributed by atoms with E-state index in [1.807, 2.05) is 12.1 Å². The normalized spacial score (nSPS) is 12.4. The fourth-order valence-electron chi connectivity index (χ4n) is 1.53. The second kappa shape index (κ2) is 5.42. The zero-order valence-electron chi connectivity index (χ0n) is 9.46. The van der Waals surface area contributed by atoms with Gasteiger partial charge in [0.05, 0.1) is 25.1 Å². The van der Waals surface area contributed by atoms with E-state index in [4.69, 9.17) is 15.0 Å². The standard InChI is InChI=1S/C11H14N4O2/c1-16-11-6-9(13-7-14-11)10(15-12)5-8-3-2-4-17-8/h2-4,6-7,10,15H,5,12H2,1H3. The van der Waals surface area contributed by atoms with Gasteiger partial charge in [-0.2, -0.15) is 0 Å². The van der Waals surface area contributed by atoms with Crippen molar-refractivity contribution in [2.45, 2.75) is 12.5 Å². The SMILES string of the molecule is COc1cc(C(Cc2ccco2)NN)ncn1. The van der Waals surface area contributed by atoms with E-state index in [-0.39, 0.29) is 6.04 Å². The van der Waals surface area contributed by atoms with Crippen LogP contribution in [0.4, 0.5) is 0 Å². The van der Waals surface area contributed by atoms with Gasteiger partial charge in [-0.05, 0) is 12.1 Å². The molecule has 0 spiro atoms. The number of methoxy groups -OCH3 is 1. The zero-order chi connectivity index (χ0) is 12.1. The Hall–Kier alpha value is -1.92. The van der Waals surface area contributed by atoms with Crippen molar-refractivity contribution in [1.29, 1.82) is 0 Å². The van der Waals surface area contributed by atoms with E-state index in [0.29, 0.717) is 12.3 Å². The summed E-state index contributed by atoms with van der Waals surface area (Å²) in [5, 5.41) is 0. The Kier molecular flexibility index (Phi) is 3.69. The minimum atomic E-state index is -0.141. The van der Waals surface area contributed by atoms with Crippen LogP contribution in [-0.4, -0.2) is 17.1 Å². The topological polar surface area (TPSA) is 86.2 Å². The second-order valence-electron chi connectivity index (χ2n) is 3.49. The summed E-state index contributed by atoms with van der Waals surface area (Å²) in [6.07, 6.45) is 3.69. The van der Waals surface area contributed by atoms with Crippen molar-refractivity contribution >= 4 is 0 Å². The molecule has 0 aromatic carbocycles. The van der Waals surface area contributed by atoms with E-state index in [2.05, 4.69) is 15.4 Å². The number of hydrazine groups is 1. The molecule has 3 N–H and O–H groups in total. The second-order valence-corrected chi connectivity index (χ2v) is 3.49. The molecule has 0 bridgehead atoms. The molecule has 2 heterocycles. The summed E-state index contributed by atoms with van der Waals surface area (Å²) in [4.78, 5) is 8.11. The lowest BCUT2D eigenvalue weighted by atomic mass is 10.1. The number of rotatable bonds is 5. The average Bonchev–Trinajstić information content (AvgIpc) is 2.89. The van der Waals surface area contributed by atoms with Gasteiger partial charge in [0.25, 0.3) is 0 Å². The third kappa shape index (κ3) is 2.80. The smallest absolute Gasteiger partial charge is 0.216 e. The van der Waals surface area contributed by atoms with E-state index >= 15 is 0 Å². The molecular weight excluding hydrogens is 220 g/mol. The van der Waals surface area contributed by atoms with E-state index in [1.165, 1.54) is 6.33 Å². The van der Waals surface area contributed by atoms with Gasteiger partial charge in [0.1, 0.15) is 12.1 Å². The van der Waals surface area contributed by atoms with Crippen molar-refractivity contribution in [3.63, 3.8) is 0 Å². The molecule has 6 nitrogen and oxygen atoms in total. The maximum atomic E-state index is 5.52. The van der Waals surface area contributed by atoms with Gasteiger partial charge < -0.3 is 9.15 Å². The van der Waals surface area contributed by atoms with Crippen LogP contribution in [-0.2, 0) is 6.42 Å². The van der Waals surface area contributed by atoms with Crippen molar-refractivity contribution in [2.75, 3.05) is 7.11 Å². The van der Waals surface area contributed by atoms with Gasteiger partial charge in [-0.25, -0.2) is 9.97 Å². The lowest BCUT2D eigenvalue weighted by Crippen LogP contribution is -2.30. The Labute approximate surface area is 98.8 Å². The lowest BCUT2D eigenvalue weighted by molar-refractivity contribution is 0.392. The van der Waals surface area contributed by atoms with Crippen LogP contribution in [0.3, 0.4) is 0 Å². The minimum Gasteiger partial charge on any atom is -0.481 e. The molecule has 2 aromatic rings. The number of hydrogen-bond acceptors (Lipinski definition) is 6. The summed E-state index contributed by atoms with van der Waals surface area (Å²) in [6.45, 7) is 0. The van der Waals surface area contributed by atoms with Crippen LogP contribution >= 0.6 is 0 Å². The van der Waals surface area contributed by atoms with Crippen LogP contribution < -0.4 is 16.0 Å². The van der Waals surface area contributed by atoms with Crippen LogP contribution in [0.25, 0.3) is 0 Å². The summed E-state index contributed by atoms with van der Waals surface area (Å²) in [5.74, 6) is 6.87. The first-order chi connectivity index (χ1) is 8.33. The predicted octanol–water partition coefficient (Wildman–Crippen LogP) is 0.825. The fourth-order valence-corrected chi connectivity index (χ4v) is 1.53. The Bertz CT molecular complexity index is 458. The van der Waals surface area contributed by atoms with Crippen molar-refractivity contribution in [3.05, 3.63) is 42.2 Å². The molecular formula is C11H14N4O2. The fraction of sp³-hybridized carbons (Fsp3) is 0.273. The summed E-state index contributed by atoms with van der Waals surface area (Å²) >= 11 is 0. The first kappa shape index (κ1) is 11.6. The maximum absolute atomic E-state index is 5.52. The Morgan fingerprint density at radius 1 is 1.53 bits per heavy atom. The molecule has 0 aliphatic rings. The molecule has 6 heteroatoms. The number of nitrogens with one attached hydrogen (secondary N) is 1. The predicted molar refractivity (Wildman–Crippen MR) is 61.1 cm³/mol. The molecule has 0 fully saturated rings. The van der Waals surface area contributed by atoms with Crippen LogP contribution in [0.2, 0.25) is 0 Å². The van der Waals surface area contributed by atoms with Crippen LogP contribution in [0.15, 0.2) is 35.2 Å². The van der Waals surface area contributed by atoms with Crippen molar-refractivity contribution in [1.82, 2.24) is 15.4 Å². The molecule has 0 amide bonds. The van der Waals surface area contributed by atoms with Gasteiger partial charge >= 0.3 is 0 Å². The molecule has 90 valence electrons. The van der Waals surface area contributed by atoms with Crippen LogP contribution in [0.1, 0.15) is 17.5 Å². The van der Waals surface area contributed by atoms with Crippen molar-refractivity contribution in [3.8, 4) is 5.88 Å².